The molecular formula is C19H24N2OS. The van der Waals surface area contributed by atoms with E-state index in [1.165, 1.54) is 28.8 Å². The van der Waals surface area contributed by atoms with Gasteiger partial charge in [0, 0.05) is 17.1 Å². The van der Waals surface area contributed by atoms with Crippen molar-refractivity contribution in [2.75, 3.05) is 11.9 Å². The molecule has 0 radical (unpaired) electrons. The van der Waals surface area contributed by atoms with Crippen LogP contribution in [0.1, 0.15) is 47.7 Å². The maximum Gasteiger partial charge on any atom is 0.322 e. The SMILES string of the molecule is Cc1cc(C)cc(NC(=O)N2CCCCC[C@H]2c2cccs2)c1. The van der Waals surface area contributed by atoms with Gasteiger partial charge in [-0.05, 0) is 61.4 Å². The number of carbonyl (C=O) groups is 1. The summed E-state index contributed by atoms with van der Waals surface area (Å²) in [5, 5.41) is 5.20. The highest BCUT2D eigenvalue weighted by atomic mass is 32.1. The van der Waals surface area contributed by atoms with E-state index in [1.807, 2.05) is 17.0 Å². The van der Waals surface area contributed by atoms with Crippen LogP contribution in [0, 0.1) is 13.8 Å². The summed E-state index contributed by atoms with van der Waals surface area (Å²) in [4.78, 5) is 16.2. The minimum atomic E-state index is 0.0234. The lowest BCUT2D eigenvalue weighted by molar-refractivity contribution is 0.190. The number of anilines is 1. The summed E-state index contributed by atoms with van der Waals surface area (Å²) >= 11 is 1.75. The van der Waals surface area contributed by atoms with Crippen molar-refractivity contribution in [1.29, 1.82) is 0 Å². The molecular weight excluding hydrogens is 304 g/mol. The highest BCUT2D eigenvalue weighted by Crippen LogP contribution is 2.33. The standard InChI is InChI=1S/C19H24N2OS/c1-14-11-15(2)13-16(12-14)20-19(22)21-9-5-3-4-7-17(21)18-8-6-10-23-18/h6,8,10-13,17H,3-5,7,9H2,1-2H3,(H,20,22)/t17-/m0/s1. The number of amides is 2. The Morgan fingerprint density at radius 2 is 1.96 bits per heavy atom. The van der Waals surface area contributed by atoms with E-state index in [-0.39, 0.29) is 12.1 Å². The van der Waals surface area contributed by atoms with Crippen LogP contribution in [0.4, 0.5) is 10.5 Å². The number of benzene rings is 1. The van der Waals surface area contributed by atoms with Crippen molar-refractivity contribution in [3.05, 3.63) is 51.7 Å². The lowest BCUT2D eigenvalue weighted by Gasteiger charge is -2.29. The summed E-state index contributed by atoms with van der Waals surface area (Å²) in [5.41, 5.74) is 3.23. The molecule has 0 aliphatic carbocycles. The first-order valence-electron chi connectivity index (χ1n) is 8.33. The van der Waals surface area contributed by atoms with E-state index in [4.69, 9.17) is 0 Å². The van der Waals surface area contributed by atoms with E-state index in [0.717, 1.165) is 25.1 Å². The number of aryl methyl sites for hydroxylation is 2. The lowest BCUT2D eigenvalue weighted by atomic mass is 10.1. The fourth-order valence-corrected chi connectivity index (χ4v) is 4.24. The summed E-state index contributed by atoms with van der Waals surface area (Å²) in [7, 11) is 0. The van der Waals surface area contributed by atoms with Crippen molar-refractivity contribution in [2.45, 2.75) is 45.6 Å². The molecule has 0 spiro atoms. The molecule has 1 fully saturated rings. The van der Waals surface area contributed by atoms with Crippen LogP contribution in [0.25, 0.3) is 0 Å². The van der Waals surface area contributed by atoms with E-state index in [0.29, 0.717) is 0 Å². The van der Waals surface area contributed by atoms with Gasteiger partial charge < -0.3 is 10.2 Å². The van der Waals surface area contributed by atoms with Crippen LogP contribution < -0.4 is 5.32 Å². The summed E-state index contributed by atoms with van der Waals surface area (Å²) in [5.74, 6) is 0. The first-order valence-corrected chi connectivity index (χ1v) is 9.21. The molecule has 122 valence electrons. The maximum absolute atomic E-state index is 12.9. The Morgan fingerprint density at radius 1 is 1.17 bits per heavy atom. The van der Waals surface area contributed by atoms with Crippen LogP contribution >= 0.6 is 11.3 Å². The molecule has 0 unspecified atom stereocenters. The van der Waals surface area contributed by atoms with Crippen LogP contribution in [0.2, 0.25) is 0 Å². The molecule has 1 saturated heterocycles. The van der Waals surface area contributed by atoms with Crippen LogP contribution in [0.5, 0.6) is 0 Å². The number of carbonyl (C=O) groups excluding carboxylic acids is 1. The Hall–Kier alpha value is -1.81. The quantitative estimate of drug-likeness (QED) is 0.774. The topological polar surface area (TPSA) is 32.3 Å². The normalized spacial score (nSPS) is 18.5. The third kappa shape index (κ3) is 3.94. The lowest BCUT2D eigenvalue weighted by Crippen LogP contribution is -2.37. The zero-order valence-electron chi connectivity index (χ0n) is 13.8. The Bertz CT molecular complexity index is 646. The van der Waals surface area contributed by atoms with Gasteiger partial charge in [0.2, 0.25) is 0 Å². The third-order valence-corrected chi connectivity index (χ3v) is 5.33. The number of thiophene rings is 1. The van der Waals surface area contributed by atoms with Gasteiger partial charge in [-0.3, -0.25) is 0 Å². The first-order chi connectivity index (χ1) is 11.1. The summed E-state index contributed by atoms with van der Waals surface area (Å²) in [6.45, 7) is 4.95. The molecule has 1 aliphatic rings. The fraction of sp³-hybridized carbons (Fsp3) is 0.421. The number of rotatable bonds is 2. The zero-order chi connectivity index (χ0) is 16.2. The van der Waals surface area contributed by atoms with Crippen LogP contribution in [0.3, 0.4) is 0 Å². The van der Waals surface area contributed by atoms with Gasteiger partial charge in [0.05, 0.1) is 6.04 Å². The van der Waals surface area contributed by atoms with Crippen LogP contribution in [-0.4, -0.2) is 17.5 Å². The largest absolute Gasteiger partial charge is 0.322 e. The molecule has 3 rings (SSSR count). The van der Waals surface area contributed by atoms with Crippen molar-refractivity contribution >= 4 is 23.1 Å². The molecule has 23 heavy (non-hydrogen) atoms. The van der Waals surface area contributed by atoms with Crippen LogP contribution in [0.15, 0.2) is 35.7 Å². The Kier molecular flexibility index (Phi) is 5.01. The number of urea groups is 1. The maximum atomic E-state index is 12.9. The molecule has 4 heteroatoms. The molecule has 1 aliphatic heterocycles. The van der Waals surface area contributed by atoms with Gasteiger partial charge in [0.25, 0.3) is 0 Å². The second-order valence-electron chi connectivity index (χ2n) is 6.38. The number of likely N-dealkylation sites (tertiary alicyclic amines) is 1. The molecule has 2 aromatic rings. The Labute approximate surface area is 142 Å². The highest BCUT2D eigenvalue weighted by molar-refractivity contribution is 7.10. The summed E-state index contributed by atoms with van der Waals surface area (Å²) in [6, 6.07) is 10.6. The van der Waals surface area contributed by atoms with E-state index in [1.54, 1.807) is 11.3 Å². The van der Waals surface area contributed by atoms with E-state index >= 15 is 0 Å². The van der Waals surface area contributed by atoms with Crippen molar-refractivity contribution in [1.82, 2.24) is 4.90 Å². The molecule has 2 amide bonds. The molecule has 1 aromatic carbocycles. The summed E-state index contributed by atoms with van der Waals surface area (Å²) in [6.07, 6.45) is 4.54. The predicted molar refractivity (Wildman–Crippen MR) is 97.2 cm³/mol. The number of hydrogen-bond acceptors (Lipinski definition) is 2. The predicted octanol–water partition coefficient (Wildman–Crippen LogP) is 5.51. The van der Waals surface area contributed by atoms with Crippen molar-refractivity contribution in [3.63, 3.8) is 0 Å². The number of nitrogens with zero attached hydrogens (tertiary/aromatic N) is 1. The second kappa shape index (κ2) is 7.18. The van der Waals surface area contributed by atoms with Gasteiger partial charge >= 0.3 is 6.03 Å². The second-order valence-corrected chi connectivity index (χ2v) is 7.36. The minimum absolute atomic E-state index is 0.0234. The zero-order valence-corrected chi connectivity index (χ0v) is 14.7. The Balaban J connectivity index is 1.80. The van der Waals surface area contributed by atoms with E-state index in [2.05, 4.69) is 42.7 Å². The third-order valence-electron chi connectivity index (χ3n) is 4.36. The average molecular weight is 328 g/mol. The molecule has 3 nitrogen and oxygen atoms in total. The van der Waals surface area contributed by atoms with Crippen molar-refractivity contribution in [2.24, 2.45) is 0 Å². The molecule has 1 aromatic heterocycles. The number of hydrogen-bond donors (Lipinski definition) is 1. The molecule has 2 heterocycles. The fourth-order valence-electron chi connectivity index (χ4n) is 3.37. The molecule has 1 atom stereocenters. The van der Waals surface area contributed by atoms with Gasteiger partial charge in [-0.1, -0.05) is 25.0 Å². The smallest absolute Gasteiger partial charge is 0.317 e. The van der Waals surface area contributed by atoms with Crippen molar-refractivity contribution < 1.29 is 4.79 Å². The van der Waals surface area contributed by atoms with E-state index in [9.17, 15) is 4.79 Å². The van der Waals surface area contributed by atoms with E-state index < -0.39 is 0 Å². The van der Waals surface area contributed by atoms with Gasteiger partial charge in [-0.15, -0.1) is 11.3 Å². The minimum Gasteiger partial charge on any atom is -0.317 e. The van der Waals surface area contributed by atoms with Gasteiger partial charge in [0.1, 0.15) is 0 Å². The molecule has 0 saturated carbocycles. The van der Waals surface area contributed by atoms with Gasteiger partial charge in [-0.25, -0.2) is 4.79 Å². The molecule has 0 bridgehead atoms. The van der Waals surface area contributed by atoms with Gasteiger partial charge in [-0.2, -0.15) is 0 Å². The van der Waals surface area contributed by atoms with Crippen molar-refractivity contribution in [3.8, 4) is 0 Å². The Morgan fingerprint density at radius 3 is 2.65 bits per heavy atom. The highest BCUT2D eigenvalue weighted by Gasteiger charge is 2.27. The van der Waals surface area contributed by atoms with Crippen LogP contribution in [-0.2, 0) is 0 Å². The summed E-state index contributed by atoms with van der Waals surface area (Å²) < 4.78 is 0. The monoisotopic (exact) mass is 328 g/mol. The van der Waals surface area contributed by atoms with Gasteiger partial charge in [0.15, 0.2) is 0 Å². The average Bonchev–Trinajstić information content (AvgIpc) is 2.90. The first kappa shape index (κ1) is 16.1. The number of nitrogens with one attached hydrogen (secondary N) is 1. The molecule has 1 N–H and O–H groups in total.